The quantitative estimate of drug-likeness (QED) is 0.821. The fourth-order valence-electron chi connectivity index (χ4n) is 3.41. The molecule has 0 bridgehead atoms. The van der Waals surface area contributed by atoms with Crippen LogP contribution < -0.4 is 0 Å². The van der Waals surface area contributed by atoms with Crippen molar-refractivity contribution in [1.29, 1.82) is 0 Å². The van der Waals surface area contributed by atoms with E-state index in [-0.39, 0.29) is 18.5 Å². The summed E-state index contributed by atoms with van der Waals surface area (Å²) in [6.07, 6.45) is 4.68. The van der Waals surface area contributed by atoms with Gasteiger partial charge < -0.3 is 19.3 Å². The topological polar surface area (TPSA) is 51.2 Å². The van der Waals surface area contributed by atoms with Gasteiger partial charge >= 0.3 is 0 Å². The molecule has 1 saturated carbocycles. The number of rotatable bonds is 3. The summed E-state index contributed by atoms with van der Waals surface area (Å²) >= 11 is 0. The van der Waals surface area contributed by atoms with Gasteiger partial charge in [-0.05, 0) is 25.7 Å². The predicted octanol–water partition coefficient (Wildman–Crippen LogP) is 0.754. The first-order chi connectivity index (χ1) is 9.33. The van der Waals surface area contributed by atoms with E-state index in [2.05, 4.69) is 4.90 Å². The maximum atomic E-state index is 9.95. The standard InChI is InChI=1S/C14H25NO4/c16-11-9-12(15-4-7-17-8-5-15)13(10-11)19-14-3-1-2-6-18-14/h11-14,16H,1-10H2. The van der Waals surface area contributed by atoms with E-state index in [1.807, 2.05) is 0 Å². The number of morpholine rings is 1. The molecule has 0 aromatic heterocycles. The van der Waals surface area contributed by atoms with Crippen LogP contribution in [0.4, 0.5) is 0 Å². The third-order valence-corrected chi connectivity index (χ3v) is 4.43. The normalized spacial score (nSPS) is 41.5. The molecule has 1 N–H and O–H groups in total. The van der Waals surface area contributed by atoms with Gasteiger partial charge in [0, 0.05) is 32.2 Å². The van der Waals surface area contributed by atoms with Crippen LogP contribution in [0.3, 0.4) is 0 Å². The van der Waals surface area contributed by atoms with E-state index >= 15 is 0 Å². The summed E-state index contributed by atoms with van der Waals surface area (Å²) in [5.74, 6) is 0. The van der Waals surface area contributed by atoms with Crippen LogP contribution in [-0.2, 0) is 14.2 Å². The monoisotopic (exact) mass is 271 g/mol. The highest BCUT2D eigenvalue weighted by Gasteiger charge is 2.39. The Labute approximate surface area is 114 Å². The number of hydrogen-bond donors (Lipinski definition) is 1. The Morgan fingerprint density at radius 1 is 1.05 bits per heavy atom. The van der Waals surface area contributed by atoms with Gasteiger partial charge in [-0.15, -0.1) is 0 Å². The lowest BCUT2D eigenvalue weighted by molar-refractivity contribution is -0.198. The van der Waals surface area contributed by atoms with E-state index in [0.717, 1.165) is 58.6 Å². The largest absolute Gasteiger partial charge is 0.393 e. The maximum absolute atomic E-state index is 9.95. The predicted molar refractivity (Wildman–Crippen MR) is 69.9 cm³/mol. The van der Waals surface area contributed by atoms with Gasteiger partial charge in [-0.2, -0.15) is 0 Å². The van der Waals surface area contributed by atoms with Crippen LogP contribution in [-0.4, -0.2) is 67.5 Å². The molecule has 19 heavy (non-hydrogen) atoms. The number of hydrogen-bond acceptors (Lipinski definition) is 5. The van der Waals surface area contributed by atoms with Crippen molar-refractivity contribution in [2.45, 2.75) is 56.6 Å². The van der Waals surface area contributed by atoms with Gasteiger partial charge in [-0.1, -0.05) is 0 Å². The maximum Gasteiger partial charge on any atom is 0.158 e. The van der Waals surface area contributed by atoms with Crippen molar-refractivity contribution in [2.75, 3.05) is 32.9 Å². The second kappa shape index (κ2) is 6.50. The molecule has 0 amide bonds. The molecule has 2 heterocycles. The van der Waals surface area contributed by atoms with E-state index in [0.29, 0.717) is 6.04 Å². The highest BCUT2D eigenvalue weighted by Crippen LogP contribution is 2.30. The minimum atomic E-state index is -0.235. The summed E-state index contributed by atoms with van der Waals surface area (Å²) in [6, 6.07) is 0.324. The fourth-order valence-corrected chi connectivity index (χ4v) is 3.41. The Morgan fingerprint density at radius 2 is 1.89 bits per heavy atom. The molecule has 0 spiro atoms. The second-order valence-electron chi connectivity index (χ2n) is 5.81. The molecule has 2 aliphatic heterocycles. The Morgan fingerprint density at radius 3 is 2.63 bits per heavy atom. The molecular formula is C14H25NO4. The molecule has 4 unspecified atom stereocenters. The minimum Gasteiger partial charge on any atom is -0.393 e. The second-order valence-corrected chi connectivity index (χ2v) is 5.81. The molecule has 0 aromatic carbocycles. The Balaban J connectivity index is 1.57. The zero-order chi connectivity index (χ0) is 13.1. The van der Waals surface area contributed by atoms with Gasteiger partial charge in [0.15, 0.2) is 6.29 Å². The minimum absolute atomic E-state index is 0.0624. The molecule has 4 atom stereocenters. The molecule has 5 nitrogen and oxygen atoms in total. The number of nitrogens with zero attached hydrogens (tertiary/aromatic N) is 1. The van der Waals surface area contributed by atoms with Gasteiger partial charge in [0.25, 0.3) is 0 Å². The fraction of sp³-hybridized carbons (Fsp3) is 1.00. The van der Waals surface area contributed by atoms with Crippen molar-refractivity contribution in [2.24, 2.45) is 0 Å². The van der Waals surface area contributed by atoms with Crippen LogP contribution >= 0.6 is 0 Å². The SMILES string of the molecule is OC1CC(OC2CCCCO2)C(N2CCOCC2)C1. The van der Waals surface area contributed by atoms with E-state index in [4.69, 9.17) is 14.2 Å². The zero-order valence-corrected chi connectivity index (χ0v) is 11.5. The third kappa shape index (κ3) is 3.47. The number of aliphatic hydroxyl groups excluding tert-OH is 1. The Kier molecular flexibility index (Phi) is 4.71. The van der Waals surface area contributed by atoms with Crippen LogP contribution in [0.25, 0.3) is 0 Å². The van der Waals surface area contributed by atoms with E-state index in [1.165, 1.54) is 6.42 Å². The molecule has 3 fully saturated rings. The lowest BCUT2D eigenvalue weighted by Crippen LogP contribution is -2.48. The lowest BCUT2D eigenvalue weighted by Gasteiger charge is -2.37. The highest BCUT2D eigenvalue weighted by atomic mass is 16.7. The van der Waals surface area contributed by atoms with Crippen LogP contribution in [0.5, 0.6) is 0 Å². The van der Waals surface area contributed by atoms with Crippen molar-refractivity contribution < 1.29 is 19.3 Å². The van der Waals surface area contributed by atoms with E-state index < -0.39 is 0 Å². The Bertz CT molecular complexity index is 277. The summed E-state index contributed by atoms with van der Waals surface area (Å²) in [4.78, 5) is 2.41. The van der Waals surface area contributed by atoms with Gasteiger partial charge in [-0.25, -0.2) is 0 Å². The third-order valence-electron chi connectivity index (χ3n) is 4.43. The molecule has 0 radical (unpaired) electrons. The summed E-state index contributed by atoms with van der Waals surface area (Å²) in [5.41, 5.74) is 0. The van der Waals surface area contributed by atoms with Crippen molar-refractivity contribution in [3.05, 3.63) is 0 Å². The van der Waals surface area contributed by atoms with Crippen molar-refractivity contribution in [1.82, 2.24) is 4.90 Å². The first kappa shape index (κ1) is 13.8. The van der Waals surface area contributed by atoms with Crippen molar-refractivity contribution in [3.8, 4) is 0 Å². The average Bonchev–Trinajstić information content (AvgIpc) is 2.82. The number of ether oxygens (including phenoxy) is 3. The molecule has 1 aliphatic carbocycles. The van der Waals surface area contributed by atoms with Gasteiger partial charge in [0.2, 0.25) is 0 Å². The Hall–Kier alpha value is -0.200. The zero-order valence-electron chi connectivity index (χ0n) is 11.5. The molecule has 3 rings (SSSR count). The molecule has 3 aliphatic rings. The van der Waals surface area contributed by atoms with Gasteiger partial charge in [0.05, 0.1) is 25.4 Å². The van der Waals surface area contributed by atoms with Crippen molar-refractivity contribution >= 4 is 0 Å². The van der Waals surface area contributed by atoms with E-state index in [9.17, 15) is 5.11 Å². The first-order valence-corrected chi connectivity index (χ1v) is 7.60. The van der Waals surface area contributed by atoms with Gasteiger partial charge in [-0.3, -0.25) is 4.90 Å². The molecule has 2 saturated heterocycles. The number of aliphatic hydroxyl groups is 1. The molecule has 0 aromatic rings. The van der Waals surface area contributed by atoms with Crippen LogP contribution in [0.2, 0.25) is 0 Å². The van der Waals surface area contributed by atoms with Crippen LogP contribution in [0.15, 0.2) is 0 Å². The van der Waals surface area contributed by atoms with E-state index in [1.54, 1.807) is 0 Å². The smallest absolute Gasteiger partial charge is 0.158 e. The lowest BCUT2D eigenvalue weighted by atomic mass is 10.1. The van der Waals surface area contributed by atoms with Crippen LogP contribution in [0, 0.1) is 0 Å². The summed E-state index contributed by atoms with van der Waals surface area (Å²) < 4.78 is 17.2. The van der Waals surface area contributed by atoms with Gasteiger partial charge in [0.1, 0.15) is 0 Å². The molecule has 5 heteroatoms. The summed E-state index contributed by atoms with van der Waals surface area (Å²) in [5, 5.41) is 9.95. The summed E-state index contributed by atoms with van der Waals surface area (Å²) in [6.45, 7) is 4.28. The average molecular weight is 271 g/mol. The highest BCUT2D eigenvalue weighted by molar-refractivity contribution is 4.92. The first-order valence-electron chi connectivity index (χ1n) is 7.60. The van der Waals surface area contributed by atoms with Crippen LogP contribution in [0.1, 0.15) is 32.1 Å². The molecule has 110 valence electrons. The molecular weight excluding hydrogens is 246 g/mol. The van der Waals surface area contributed by atoms with Crippen molar-refractivity contribution in [3.63, 3.8) is 0 Å². The summed E-state index contributed by atoms with van der Waals surface area (Å²) in [7, 11) is 0.